The lowest BCUT2D eigenvalue weighted by Gasteiger charge is -2.14. The van der Waals surface area contributed by atoms with Gasteiger partial charge < -0.3 is 20.8 Å². The third-order valence-electron chi connectivity index (χ3n) is 4.65. The maximum atomic E-state index is 12.7. The number of carboxylic acid groups (broad SMARTS) is 2. The van der Waals surface area contributed by atoms with Crippen LogP contribution in [0.25, 0.3) is 0 Å². The topological polar surface area (TPSA) is 133 Å². The highest BCUT2D eigenvalue weighted by Gasteiger charge is 2.20. The van der Waals surface area contributed by atoms with E-state index in [1.807, 2.05) is 18.2 Å². The largest absolute Gasteiger partial charge is 0.478 e. The van der Waals surface area contributed by atoms with E-state index in [0.717, 1.165) is 16.6 Å². The smallest absolute Gasteiger partial charge is 0.336 e. The van der Waals surface area contributed by atoms with Crippen molar-refractivity contribution < 1.29 is 29.4 Å². The predicted octanol–water partition coefficient (Wildman–Crippen LogP) is 5.22. The molecule has 0 aliphatic rings. The molecule has 1 atom stereocenters. The molecule has 0 fully saturated rings. The second-order valence-corrected chi connectivity index (χ2v) is 9.35. The summed E-state index contributed by atoms with van der Waals surface area (Å²) < 4.78 is 0.766. The molecule has 0 bridgehead atoms. The van der Waals surface area contributed by atoms with Crippen molar-refractivity contribution in [3.8, 4) is 0 Å². The van der Waals surface area contributed by atoms with E-state index in [1.54, 1.807) is 37.3 Å². The standard InChI is InChI=1S/C24H19BrN2O6S/c1-13(21(28)27-20-8-3-2-7-19(20)25)34-16-6-4-5-15(12-16)26-22(29)17-10-9-14(23(30)31)11-18(17)24(32)33/h2-13H,1H3,(H,26,29)(H,27,28)(H,30,31)(H,32,33). The number of anilines is 2. The summed E-state index contributed by atoms with van der Waals surface area (Å²) in [6, 6.07) is 17.3. The Morgan fingerprint density at radius 2 is 1.59 bits per heavy atom. The minimum atomic E-state index is -1.41. The number of thioether (sulfide) groups is 1. The number of nitrogens with one attached hydrogen (secondary N) is 2. The van der Waals surface area contributed by atoms with E-state index in [-0.39, 0.29) is 17.0 Å². The van der Waals surface area contributed by atoms with Gasteiger partial charge in [-0.3, -0.25) is 9.59 Å². The van der Waals surface area contributed by atoms with Gasteiger partial charge in [-0.1, -0.05) is 18.2 Å². The molecule has 0 saturated carbocycles. The Labute approximate surface area is 207 Å². The van der Waals surface area contributed by atoms with Gasteiger partial charge in [-0.15, -0.1) is 11.8 Å². The maximum Gasteiger partial charge on any atom is 0.336 e. The lowest BCUT2D eigenvalue weighted by Crippen LogP contribution is -2.22. The highest BCUT2D eigenvalue weighted by molar-refractivity contribution is 9.10. The second-order valence-electron chi connectivity index (χ2n) is 7.08. The van der Waals surface area contributed by atoms with E-state index in [1.165, 1.54) is 17.8 Å². The van der Waals surface area contributed by atoms with Crippen LogP contribution in [0.5, 0.6) is 0 Å². The molecule has 174 valence electrons. The zero-order chi connectivity index (χ0) is 24.8. The fourth-order valence-corrected chi connectivity index (χ4v) is 4.26. The van der Waals surface area contributed by atoms with Crippen LogP contribution in [-0.2, 0) is 4.79 Å². The molecular formula is C24H19BrN2O6S. The first-order valence-electron chi connectivity index (χ1n) is 9.90. The minimum Gasteiger partial charge on any atom is -0.478 e. The van der Waals surface area contributed by atoms with Gasteiger partial charge in [0.2, 0.25) is 5.91 Å². The first kappa shape index (κ1) is 25.0. The first-order valence-corrected chi connectivity index (χ1v) is 11.6. The number of amides is 2. The molecule has 3 aromatic rings. The molecule has 0 aromatic heterocycles. The summed E-state index contributed by atoms with van der Waals surface area (Å²) in [5.74, 6) is -3.61. The Hall–Kier alpha value is -3.63. The van der Waals surface area contributed by atoms with Crippen molar-refractivity contribution in [2.75, 3.05) is 10.6 Å². The molecule has 10 heteroatoms. The molecule has 0 aliphatic carbocycles. The van der Waals surface area contributed by atoms with Gasteiger partial charge in [-0.05, 0) is 71.4 Å². The molecule has 0 aliphatic heterocycles. The number of benzene rings is 3. The zero-order valence-corrected chi connectivity index (χ0v) is 20.1. The Morgan fingerprint density at radius 3 is 2.26 bits per heavy atom. The third-order valence-corrected chi connectivity index (χ3v) is 6.43. The Bertz CT molecular complexity index is 1280. The van der Waals surface area contributed by atoms with Crippen molar-refractivity contribution in [1.29, 1.82) is 0 Å². The van der Waals surface area contributed by atoms with Crippen molar-refractivity contribution in [2.45, 2.75) is 17.1 Å². The van der Waals surface area contributed by atoms with Crippen molar-refractivity contribution in [3.05, 3.63) is 87.9 Å². The molecule has 1 unspecified atom stereocenters. The fourth-order valence-electron chi connectivity index (χ4n) is 2.95. The molecule has 2 amide bonds. The fraction of sp³-hybridized carbons (Fsp3) is 0.0833. The molecule has 0 heterocycles. The average Bonchev–Trinajstić information content (AvgIpc) is 2.80. The Kier molecular flexibility index (Phi) is 8.08. The van der Waals surface area contributed by atoms with Crippen molar-refractivity contribution in [3.63, 3.8) is 0 Å². The number of halogens is 1. The van der Waals surface area contributed by atoms with Crippen LogP contribution in [0, 0.1) is 0 Å². The van der Waals surface area contributed by atoms with Gasteiger partial charge in [0.05, 0.1) is 27.6 Å². The van der Waals surface area contributed by atoms with Gasteiger partial charge in [0.1, 0.15) is 0 Å². The van der Waals surface area contributed by atoms with Crippen molar-refractivity contribution in [1.82, 2.24) is 0 Å². The van der Waals surface area contributed by atoms with Gasteiger partial charge in [-0.25, -0.2) is 9.59 Å². The molecule has 3 rings (SSSR count). The lowest BCUT2D eigenvalue weighted by atomic mass is 10.0. The average molecular weight is 543 g/mol. The first-order chi connectivity index (χ1) is 16.2. The molecule has 34 heavy (non-hydrogen) atoms. The van der Waals surface area contributed by atoms with Gasteiger partial charge in [0.25, 0.3) is 5.91 Å². The van der Waals surface area contributed by atoms with Gasteiger partial charge in [0, 0.05) is 15.1 Å². The SMILES string of the molecule is CC(Sc1cccc(NC(=O)c2ccc(C(=O)O)cc2C(=O)O)c1)C(=O)Nc1ccccc1Br. The molecule has 3 aromatic carbocycles. The third kappa shape index (κ3) is 6.24. The predicted molar refractivity (Wildman–Crippen MR) is 133 cm³/mol. The highest BCUT2D eigenvalue weighted by Crippen LogP contribution is 2.28. The molecule has 0 radical (unpaired) electrons. The molecule has 4 N–H and O–H groups in total. The number of hydrogen-bond donors (Lipinski definition) is 4. The molecular weight excluding hydrogens is 524 g/mol. The van der Waals surface area contributed by atoms with E-state index >= 15 is 0 Å². The van der Waals surface area contributed by atoms with Crippen LogP contribution in [0.2, 0.25) is 0 Å². The monoisotopic (exact) mass is 542 g/mol. The van der Waals surface area contributed by atoms with E-state index in [2.05, 4.69) is 26.6 Å². The number of carboxylic acids is 2. The van der Waals surface area contributed by atoms with E-state index in [0.29, 0.717) is 16.3 Å². The number of aromatic carboxylic acids is 2. The quantitative estimate of drug-likeness (QED) is 0.287. The summed E-state index contributed by atoms with van der Waals surface area (Å²) in [5.41, 5.74) is 0.232. The van der Waals surface area contributed by atoms with Crippen LogP contribution < -0.4 is 10.6 Å². The zero-order valence-electron chi connectivity index (χ0n) is 17.7. The van der Waals surface area contributed by atoms with Crippen LogP contribution in [-0.4, -0.2) is 39.2 Å². The van der Waals surface area contributed by atoms with Crippen LogP contribution in [0.1, 0.15) is 38.0 Å². The van der Waals surface area contributed by atoms with Gasteiger partial charge in [-0.2, -0.15) is 0 Å². The highest BCUT2D eigenvalue weighted by atomic mass is 79.9. The number of carbonyl (C=O) groups is 4. The molecule has 0 saturated heterocycles. The summed E-state index contributed by atoms with van der Waals surface area (Å²) in [7, 11) is 0. The van der Waals surface area contributed by atoms with E-state index in [9.17, 15) is 24.3 Å². The second kappa shape index (κ2) is 11.0. The number of hydrogen-bond acceptors (Lipinski definition) is 5. The van der Waals surface area contributed by atoms with Gasteiger partial charge in [0.15, 0.2) is 0 Å². The van der Waals surface area contributed by atoms with E-state index in [4.69, 9.17) is 5.11 Å². The van der Waals surface area contributed by atoms with Crippen molar-refractivity contribution >= 4 is 62.8 Å². The number of carbonyl (C=O) groups excluding carboxylic acids is 2. The van der Waals surface area contributed by atoms with Crippen LogP contribution in [0.15, 0.2) is 76.1 Å². The summed E-state index contributed by atoms with van der Waals surface area (Å²) >= 11 is 4.68. The maximum absolute atomic E-state index is 12.7. The molecule has 8 nitrogen and oxygen atoms in total. The summed E-state index contributed by atoms with van der Waals surface area (Å²) in [4.78, 5) is 48.6. The molecule has 0 spiro atoms. The summed E-state index contributed by atoms with van der Waals surface area (Å²) in [5, 5.41) is 23.5. The van der Waals surface area contributed by atoms with E-state index < -0.39 is 28.7 Å². The van der Waals surface area contributed by atoms with Crippen LogP contribution in [0.3, 0.4) is 0 Å². The van der Waals surface area contributed by atoms with Crippen molar-refractivity contribution in [2.24, 2.45) is 0 Å². The van der Waals surface area contributed by atoms with Gasteiger partial charge >= 0.3 is 11.9 Å². The Morgan fingerprint density at radius 1 is 0.853 bits per heavy atom. The summed E-state index contributed by atoms with van der Waals surface area (Å²) in [6.07, 6.45) is 0. The van der Waals surface area contributed by atoms with Crippen LogP contribution in [0.4, 0.5) is 11.4 Å². The number of rotatable bonds is 8. The Balaban J connectivity index is 1.71. The normalized spacial score (nSPS) is 11.4. The van der Waals surface area contributed by atoms with Crippen LogP contribution >= 0.6 is 27.7 Å². The summed E-state index contributed by atoms with van der Waals surface area (Å²) in [6.45, 7) is 1.76. The minimum absolute atomic E-state index is 0.170. The number of para-hydroxylation sites is 1. The lowest BCUT2D eigenvalue weighted by molar-refractivity contribution is -0.115.